The molecule has 1 heterocycles. The molecule has 7 aromatic rings. The van der Waals surface area contributed by atoms with E-state index in [1.807, 2.05) is 70.5 Å². The number of nitrogen functional groups attached to an aromatic ring is 1. The third kappa shape index (κ3) is 81.2. The maximum absolute atomic E-state index is 11.7. The molecule has 144 heavy (non-hydrogen) atoms. The lowest BCUT2D eigenvalue weighted by Gasteiger charge is -2.13. The fraction of sp³-hybridized carbons (Fsp3) is 0.267. The van der Waals surface area contributed by atoms with E-state index in [4.69, 9.17) is 68.3 Å². The van der Waals surface area contributed by atoms with Gasteiger partial charge in [-0.2, -0.15) is 24.6 Å². The van der Waals surface area contributed by atoms with E-state index >= 15 is 0 Å². The average molecular weight is 2150 g/mol. The number of nitrogens with one attached hydrogen (secondary N) is 22. The highest BCUT2D eigenvalue weighted by Crippen LogP contribution is 2.24. The van der Waals surface area contributed by atoms with Crippen LogP contribution in [0.3, 0.4) is 0 Å². The topological polar surface area (TPSA) is 1080 Å². The number of carbonyl (C=O) groups is 11. The molecule has 0 aliphatic heterocycles. The third-order valence-corrected chi connectivity index (χ3v) is 19.9. The molecule has 15 amide bonds. The fourth-order valence-electron chi connectivity index (χ4n) is 7.97. The van der Waals surface area contributed by atoms with Crippen molar-refractivity contribution in [1.29, 1.82) is 5.26 Å². The molecular formula is C75H133N43O20S6. The minimum Gasteiger partial charge on any atom is -0.457 e. The van der Waals surface area contributed by atoms with Crippen LogP contribution in [0.1, 0.15) is 103 Å². The smallest absolute Gasteiger partial charge is 0.343 e. The Bertz CT molecular complexity index is 5130. The largest absolute Gasteiger partial charge is 0.457 e. The summed E-state index contributed by atoms with van der Waals surface area (Å²) >= 11 is 8.62. The van der Waals surface area contributed by atoms with Crippen LogP contribution in [0.2, 0.25) is 0 Å². The standard InChI is InChI=1S/C16H18N4O2.C12H28N6O2.C12H14N4O5S2.C7H10N2O2S.C7H8N2O.C6H14N4O2.C6H8N2O2S.C3H5N3O.C2H6N2O.CH6N4O.CH6N4S.CH5N3O.CH5N3S/c21-15(18-12-13-4-2-1-3-5-13)8-11-19-20-16(22)14-6-9-17-10-7-14;1-17(2)15-11(19)13-9-7-5-6-8-10-14-12(20)16-18(3)4;13-15-22(17,18)11-5-1-9(2-6-11)21-10-3-7-12(8-4-10)23(19,20)16-14;1-6-2-4-7(5-3-6)12(10,11)9-8;8-9-7(10)6-4-2-1-3-5-6;7-9-5(11)3-1-2-4-6(12)10-8;7-8-11(9,10)6-4-2-1-3-5-6;4-2-1-3(7)6-5;1-2(5)4-3;2*2-4-1(6)5-3;2*2-1(5)4-3/h1-7,9-10,19H,8,11-12H2,(H,18,21)(H,20,22);5-10H2,1-4H3,(H2,13,15,19)(H2,14,16,20);1-8,15-16H,13-14H2;2-5,9H,8H2,1H3;1-5H,8H2,(H,9,10);1-4,7-8H2,(H,9,11)(H,10,12);1-5,8H,7H2;1,5H2,(H,6,7);3H2,1H3,(H,4,5);2*2-3H2,(H2,4,5,6);2*3H2,(H3,2,4,5). The summed E-state index contributed by atoms with van der Waals surface area (Å²) in [6.07, 6.45) is 9.08. The van der Waals surface area contributed by atoms with Crippen LogP contribution in [0.25, 0.3) is 0 Å². The molecule has 0 bridgehead atoms. The number of pyridine rings is 1. The first-order chi connectivity index (χ1) is 68.0. The Morgan fingerprint density at radius 2 is 0.729 bits per heavy atom. The Morgan fingerprint density at radius 3 is 1.02 bits per heavy atom. The number of primary amides is 1. The number of aryl methyl sites for hydroxylation is 1. The van der Waals surface area contributed by atoms with E-state index in [0.29, 0.717) is 74.5 Å². The van der Waals surface area contributed by atoms with Crippen molar-refractivity contribution in [1.82, 2.24) is 132 Å². The van der Waals surface area contributed by atoms with Gasteiger partial charge in [-0.05, 0) is 160 Å². The number of hydrazine groups is 18. The fourth-order valence-corrected chi connectivity index (χ4v) is 10.5. The second-order valence-electron chi connectivity index (χ2n) is 26.3. The number of ether oxygens (including phenoxy) is 1. The van der Waals surface area contributed by atoms with Crippen LogP contribution in [0.15, 0.2) is 208 Å². The van der Waals surface area contributed by atoms with Crippen LogP contribution >= 0.6 is 24.4 Å². The number of amides is 15. The molecule has 7 rings (SSSR count). The van der Waals surface area contributed by atoms with E-state index in [1.54, 1.807) is 164 Å². The SMILES string of the molecule is CC(=O)NN.CN(C)NC(=O)NCCCCCCNC(=O)NN(C)C.Cc1ccc(S(=O)(=O)NN)cc1.N#CCC(=O)NN.NNC(=O)CCCCC(=O)NN.NNC(=O)NN.NNC(=O)c1ccccc1.NNC(=S)NN.NNC(N)=O.NNC(N)=S.NNS(=O)(=O)c1ccc(Oc2ccc(S(=O)(=O)NN)cc2)cc1.NNS(=O)(=O)c1ccccc1.O=C(CCNNC(=O)c1ccncc1)NCc1ccccc1. The molecule has 0 saturated carbocycles. The van der Waals surface area contributed by atoms with Gasteiger partial charge in [0.15, 0.2) is 10.2 Å². The number of rotatable bonds is 33. The van der Waals surface area contributed by atoms with Gasteiger partial charge in [-0.3, -0.25) is 132 Å². The summed E-state index contributed by atoms with van der Waals surface area (Å²) in [7, 11) is -7.36. The van der Waals surface area contributed by atoms with Gasteiger partial charge < -0.3 is 37.6 Å². The van der Waals surface area contributed by atoms with Crippen molar-refractivity contribution < 1.29 is 91.1 Å². The maximum Gasteiger partial charge on any atom is 0.343 e. The highest BCUT2D eigenvalue weighted by molar-refractivity contribution is 7.90. The lowest BCUT2D eigenvalue weighted by atomic mass is 10.2. The van der Waals surface area contributed by atoms with Gasteiger partial charge in [-0.1, -0.05) is 97.3 Å². The number of hydrogen-bond donors (Lipinski definition) is 39. The molecule has 63 nitrogen and oxygen atoms in total. The predicted molar refractivity (Wildman–Crippen MR) is 540 cm³/mol. The van der Waals surface area contributed by atoms with Crippen molar-refractivity contribution in [3.05, 3.63) is 211 Å². The average Bonchev–Trinajstić information content (AvgIpc) is 0.865. The van der Waals surface area contributed by atoms with Crippen LogP contribution in [0.5, 0.6) is 11.5 Å². The molecular weight excluding hydrogens is 2020 g/mol. The molecule has 0 spiro atoms. The van der Waals surface area contributed by atoms with E-state index < -0.39 is 58.1 Å². The third-order valence-electron chi connectivity index (χ3n) is 14.7. The summed E-state index contributed by atoms with van der Waals surface area (Å²) in [4.78, 5) is 127. The van der Waals surface area contributed by atoms with Gasteiger partial charge in [0.25, 0.3) is 51.9 Å². The summed E-state index contributed by atoms with van der Waals surface area (Å²) in [6.45, 7) is 5.41. The molecule has 0 unspecified atom stereocenters. The minimum atomic E-state index is -3.73. The molecule has 0 fully saturated rings. The first kappa shape index (κ1) is 140. The van der Waals surface area contributed by atoms with E-state index in [-0.39, 0.29) is 90.2 Å². The second kappa shape index (κ2) is 87.4. The maximum atomic E-state index is 11.7. The number of nitrogens with two attached hydrogens (primary N) is 17. The van der Waals surface area contributed by atoms with Gasteiger partial charge in [0.1, 0.15) is 17.9 Å². The first-order valence-electron chi connectivity index (χ1n) is 40.4. The van der Waals surface area contributed by atoms with Gasteiger partial charge in [-0.25, -0.2) is 133 Å². The molecule has 1 aromatic heterocycles. The summed E-state index contributed by atoms with van der Waals surface area (Å²) in [5.41, 5.74) is 44.0. The normalized spacial score (nSPS) is 9.74. The molecule has 804 valence electrons. The number of thiocarbonyl (C=S) groups is 2. The summed E-state index contributed by atoms with van der Waals surface area (Å²) < 4.78 is 95.5. The van der Waals surface area contributed by atoms with Crippen LogP contribution in [0, 0.1) is 18.3 Å². The summed E-state index contributed by atoms with van der Waals surface area (Å²) in [6, 6.07) is 47.1. The quantitative estimate of drug-likeness (QED) is 0.00597. The van der Waals surface area contributed by atoms with Gasteiger partial charge in [0, 0.05) is 104 Å². The Kier molecular flexibility index (Phi) is 85.1. The highest BCUT2D eigenvalue weighted by Gasteiger charge is 2.16. The Labute approximate surface area is 842 Å². The lowest BCUT2D eigenvalue weighted by molar-refractivity contribution is -0.123. The second-order valence-corrected chi connectivity index (χ2v) is 34.0. The van der Waals surface area contributed by atoms with Gasteiger partial charge in [-0.15, -0.1) is 0 Å². The highest BCUT2D eigenvalue weighted by atomic mass is 32.2. The number of nitrogens with zero attached hydrogens (tertiary/aromatic N) is 4. The number of sulfonamides is 4. The number of hydrogen-bond acceptors (Lipinski definition) is 42. The first-order valence-corrected chi connectivity index (χ1v) is 47.1. The van der Waals surface area contributed by atoms with E-state index in [2.05, 4.69) is 119 Å². The molecule has 69 heteroatoms. The predicted octanol–water partition coefficient (Wildman–Crippen LogP) is -8.96. The van der Waals surface area contributed by atoms with E-state index in [1.165, 1.54) is 79.7 Å². The Hall–Kier alpha value is -14.6. The molecule has 0 aliphatic carbocycles. The lowest BCUT2D eigenvalue weighted by Crippen LogP contribution is -2.43. The monoisotopic (exact) mass is 2150 g/mol. The molecule has 56 N–H and O–H groups in total. The number of benzene rings is 6. The molecule has 0 radical (unpaired) electrons. The van der Waals surface area contributed by atoms with Crippen molar-refractivity contribution in [3.63, 3.8) is 0 Å². The zero-order valence-corrected chi connectivity index (χ0v) is 83.9. The molecule has 6 aromatic carbocycles. The van der Waals surface area contributed by atoms with Gasteiger partial charge in [0.05, 0.1) is 25.7 Å². The van der Waals surface area contributed by atoms with Crippen LogP contribution in [-0.2, 0) is 70.6 Å². The van der Waals surface area contributed by atoms with E-state index in [9.17, 15) is 86.4 Å². The number of unbranched alkanes of at least 4 members (excludes halogenated alkanes) is 4. The Morgan fingerprint density at radius 1 is 0.382 bits per heavy atom. The van der Waals surface area contributed by atoms with Crippen LogP contribution < -0.4 is 221 Å². The van der Waals surface area contributed by atoms with Crippen LogP contribution in [-0.4, -0.2) is 172 Å². The number of carbonyl (C=O) groups excluding carboxylic acids is 11. The Balaban J connectivity index is -0.000000371. The van der Waals surface area contributed by atoms with Crippen molar-refractivity contribution in [2.45, 2.75) is 104 Å². The minimum absolute atomic E-state index is 0.0113. The van der Waals surface area contributed by atoms with Gasteiger partial charge >= 0.3 is 24.1 Å². The van der Waals surface area contributed by atoms with Crippen LogP contribution in [0.4, 0.5) is 19.2 Å². The van der Waals surface area contributed by atoms with Crippen molar-refractivity contribution >= 4 is 140 Å². The number of nitriles is 1. The van der Waals surface area contributed by atoms with Crippen molar-refractivity contribution in [2.75, 3.05) is 47.8 Å². The van der Waals surface area contributed by atoms with Gasteiger partial charge in [0.2, 0.25) is 29.5 Å². The summed E-state index contributed by atoms with van der Waals surface area (Å²) in [5, 5.41) is 19.7. The molecule has 0 aliphatic rings. The number of aromatic nitrogens is 1. The van der Waals surface area contributed by atoms with Crippen molar-refractivity contribution in [3.8, 4) is 17.6 Å². The van der Waals surface area contributed by atoms with Crippen molar-refractivity contribution in [2.24, 2.45) is 99.1 Å². The zero-order valence-electron chi connectivity index (χ0n) is 79.0. The van der Waals surface area contributed by atoms with E-state index in [0.717, 1.165) is 36.8 Å². The molecule has 0 saturated heterocycles. The summed E-state index contributed by atoms with van der Waals surface area (Å²) in [5.74, 6) is 70.0. The molecule has 0 atom stereocenters. The zero-order chi connectivity index (χ0) is 111. The number of urea groups is 4.